The van der Waals surface area contributed by atoms with E-state index >= 15 is 0 Å². The molecule has 0 heterocycles. The first kappa shape index (κ1) is 18.5. The number of amides is 2. The predicted molar refractivity (Wildman–Crippen MR) is 99.8 cm³/mol. The molecule has 0 spiro atoms. The zero-order chi connectivity index (χ0) is 17.5. The summed E-state index contributed by atoms with van der Waals surface area (Å²) in [7, 11) is 0. The average molecular weight is 404 g/mol. The van der Waals surface area contributed by atoms with E-state index in [1.807, 2.05) is 0 Å². The first-order valence-electron chi connectivity index (χ1n) is 6.49. The van der Waals surface area contributed by atoms with Crippen molar-refractivity contribution in [3.8, 4) is 0 Å². The van der Waals surface area contributed by atoms with Crippen molar-refractivity contribution in [2.24, 2.45) is 10.2 Å². The molecule has 0 bridgehead atoms. The van der Waals surface area contributed by atoms with Crippen LogP contribution < -0.4 is 10.9 Å². The largest absolute Gasteiger partial charge is 0.355 e. The summed E-state index contributed by atoms with van der Waals surface area (Å²) in [5.74, 6) is 0. The van der Waals surface area contributed by atoms with Gasteiger partial charge < -0.3 is 0 Å². The van der Waals surface area contributed by atoms with Gasteiger partial charge in [0.2, 0.25) is 0 Å². The quantitative estimate of drug-likeness (QED) is 0.549. The third-order valence-electron chi connectivity index (χ3n) is 2.72. The third-order valence-corrected chi connectivity index (χ3v) is 4.04. The summed E-state index contributed by atoms with van der Waals surface area (Å²) in [6.07, 6.45) is 2.66. The molecular weight excluding hydrogens is 394 g/mol. The van der Waals surface area contributed by atoms with Crippen LogP contribution in [0, 0.1) is 0 Å². The molecule has 124 valence electrons. The fourth-order valence-corrected chi connectivity index (χ4v) is 2.59. The number of hydrogen-bond donors (Lipinski definition) is 2. The van der Waals surface area contributed by atoms with Crippen LogP contribution >= 0.6 is 46.4 Å². The molecule has 0 fully saturated rings. The van der Waals surface area contributed by atoms with Crippen molar-refractivity contribution in [1.29, 1.82) is 0 Å². The van der Waals surface area contributed by atoms with E-state index in [-0.39, 0.29) is 0 Å². The van der Waals surface area contributed by atoms with Crippen molar-refractivity contribution in [2.75, 3.05) is 0 Å². The Bertz CT molecular complexity index is 702. The zero-order valence-electron chi connectivity index (χ0n) is 11.9. The van der Waals surface area contributed by atoms with Crippen molar-refractivity contribution in [3.05, 3.63) is 67.6 Å². The van der Waals surface area contributed by atoms with Crippen LogP contribution in [0.5, 0.6) is 0 Å². The van der Waals surface area contributed by atoms with Crippen molar-refractivity contribution in [3.63, 3.8) is 0 Å². The molecule has 0 aliphatic carbocycles. The highest BCUT2D eigenvalue weighted by Crippen LogP contribution is 2.22. The van der Waals surface area contributed by atoms with Crippen LogP contribution in [0.3, 0.4) is 0 Å². The first-order valence-corrected chi connectivity index (χ1v) is 8.00. The molecule has 0 saturated heterocycles. The van der Waals surface area contributed by atoms with Crippen LogP contribution in [-0.4, -0.2) is 18.5 Å². The number of nitrogens with one attached hydrogen (secondary N) is 2. The second kappa shape index (κ2) is 8.89. The van der Waals surface area contributed by atoms with E-state index in [1.165, 1.54) is 12.4 Å². The van der Waals surface area contributed by atoms with Gasteiger partial charge in [0.05, 0.1) is 32.5 Å². The fraction of sp³-hybridized carbons (Fsp3) is 0. The molecule has 0 saturated carbocycles. The van der Waals surface area contributed by atoms with E-state index in [0.717, 1.165) is 0 Å². The number of carbonyl (C=O) groups excluding carboxylic acids is 1. The van der Waals surface area contributed by atoms with Gasteiger partial charge in [-0.15, -0.1) is 0 Å². The van der Waals surface area contributed by atoms with Gasteiger partial charge in [0.25, 0.3) is 0 Å². The van der Waals surface area contributed by atoms with Gasteiger partial charge in [-0.3, -0.25) is 0 Å². The lowest BCUT2D eigenvalue weighted by Crippen LogP contribution is -2.28. The maximum atomic E-state index is 11.6. The number of benzene rings is 2. The molecule has 9 heteroatoms. The minimum atomic E-state index is -0.658. The lowest BCUT2D eigenvalue weighted by molar-refractivity contribution is 0.242. The molecule has 2 aromatic carbocycles. The van der Waals surface area contributed by atoms with Gasteiger partial charge in [0, 0.05) is 11.1 Å². The zero-order valence-corrected chi connectivity index (χ0v) is 15.0. The molecule has 0 unspecified atom stereocenters. The number of halogens is 4. The van der Waals surface area contributed by atoms with Gasteiger partial charge in [-0.1, -0.05) is 58.5 Å². The van der Waals surface area contributed by atoms with Crippen molar-refractivity contribution < 1.29 is 4.79 Å². The first-order chi connectivity index (χ1) is 11.5. The Balaban J connectivity index is 1.92. The van der Waals surface area contributed by atoms with Crippen molar-refractivity contribution in [1.82, 2.24) is 10.9 Å². The van der Waals surface area contributed by atoms with Gasteiger partial charge in [-0.2, -0.15) is 10.2 Å². The van der Waals surface area contributed by atoms with E-state index in [0.29, 0.717) is 31.2 Å². The number of hydrazone groups is 2. The smallest absolute Gasteiger partial charge is 0.245 e. The Morgan fingerprint density at radius 1 is 0.750 bits per heavy atom. The number of hydrogen-bond acceptors (Lipinski definition) is 3. The summed E-state index contributed by atoms with van der Waals surface area (Å²) in [5.41, 5.74) is 5.43. The van der Waals surface area contributed by atoms with E-state index in [1.54, 1.807) is 36.4 Å². The monoisotopic (exact) mass is 402 g/mol. The van der Waals surface area contributed by atoms with Crippen LogP contribution in [0.15, 0.2) is 46.6 Å². The van der Waals surface area contributed by atoms with Crippen LogP contribution in [-0.2, 0) is 0 Å². The van der Waals surface area contributed by atoms with Crippen LogP contribution in [0.25, 0.3) is 0 Å². The van der Waals surface area contributed by atoms with E-state index in [9.17, 15) is 4.79 Å². The van der Waals surface area contributed by atoms with Gasteiger partial charge in [-0.05, 0) is 24.3 Å². The second-order valence-corrected chi connectivity index (χ2v) is 5.97. The second-order valence-electron chi connectivity index (χ2n) is 4.34. The molecule has 0 atom stereocenters. The number of nitrogens with zero attached hydrogens (tertiary/aromatic N) is 2. The minimum Gasteiger partial charge on any atom is -0.245 e. The van der Waals surface area contributed by atoms with Crippen LogP contribution in [0.2, 0.25) is 20.1 Å². The Labute approximate surface area is 158 Å². The molecule has 2 N–H and O–H groups in total. The Hall–Kier alpha value is -1.79. The molecule has 0 aliphatic heterocycles. The summed E-state index contributed by atoms with van der Waals surface area (Å²) in [5, 5.41) is 9.15. The van der Waals surface area contributed by atoms with Crippen molar-refractivity contribution in [2.45, 2.75) is 0 Å². The lowest BCUT2D eigenvalue weighted by Gasteiger charge is -2.02. The van der Waals surface area contributed by atoms with Gasteiger partial charge in [0.15, 0.2) is 0 Å². The van der Waals surface area contributed by atoms with E-state index < -0.39 is 6.03 Å². The normalized spacial score (nSPS) is 11.2. The summed E-state index contributed by atoms with van der Waals surface area (Å²) < 4.78 is 0. The molecule has 0 radical (unpaired) electrons. The highest BCUT2D eigenvalue weighted by atomic mass is 35.5. The van der Waals surface area contributed by atoms with Crippen LogP contribution in [0.1, 0.15) is 11.1 Å². The Morgan fingerprint density at radius 3 is 1.42 bits per heavy atom. The van der Waals surface area contributed by atoms with Gasteiger partial charge >= 0.3 is 6.03 Å². The van der Waals surface area contributed by atoms with E-state index in [4.69, 9.17) is 46.4 Å². The number of rotatable bonds is 4. The number of carbonyl (C=O) groups is 1. The van der Waals surface area contributed by atoms with E-state index in [2.05, 4.69) is 21.1 Å². The molecule has 0 aromatic heterocycles. The van der Waals surface area contributed by atoms with Gasteiger partial charge in [0.1, 0.15) is 0 Å². The summed E-state index contributed by atoms with van der Waals surface area (Å²) >= 11 is 23.9. The molecule has 2 rings (SSSR count). The molecular formula is C15H10Cl4N4O. The fourth-order valence-electron chi connectivity index (χ4n) is 1.60. The summed E-state index contributed by atoms with van der Waals surface area (Å²) in [6.45, 7) is 0. The molecule has 0 aliphatic rings. The highest BCUT2D eigenvalue weighted by Gasteiger charge is 2.04. The highest BCUT2D eigenvalue weighted by molar-refractivity contribution is 6.39. The third kappa shape index (κ3) is 5.11. The summed E-state index contributed by atoms with van der Waals surface area (Å²) in [6, 6.07) is 9.39. The number of urea groups is 1. The molecule has 2 aromatic rings. The summed E-state index contributed by atoms with van der Waals surface area (Å²) in [4.78, 5) is 11.6. The average Bonchev–Trinajstić information content (AvgIpc) is 2.53. The maximum absolute atomic E-state index is 11.6. The molecule has 5 nitrogen and oxygen atoms in total. The molecule has 24 heavy (non-hydrogen) atoms. The SMILES string of the molecule is O=C(NN=Cc1c(Cl)cccc1Cl)N/N=C/c1c(Cl)cccc1Cl. The van der Waals surface area contributed by atoms with Crippen LogP contribution in [0.4, 0.5) is 4.79 Å². The predicted octanol–water partition coefficient (Wildman–Crippen LogP) is 4.97. The Morgan fingerprint density at radius 2 is 1.08 bits per heavy atom. The standard InChI is InChI=1S/C15H10Cl4N4O/c16-11-3-1-4-12(17)9(11)7-20-22-15(24)23-21-8-10-13(18)5-2-6-14(10)19/h1-8H,(H2,22,23,24)/b20-7+,21-8?. The van der Waals surface area contributed by atoms with Crippen molar-refractivity contribution >= 4 is 64.9 Å². The Kier molecular flexibility index (Phi) is 6.87. The van der Waals surface area contributed by atoms with Gasteiger partial charge in [-0.25, -0.2) is 15.6 Å². The topological polar surface area (TPSA) is 65.8 Å². The lowest BCUT2D eigenvalue weighted by atomic mass is 10.2. The maximum Gasteiger partial charge on any atom is 0.355 e. The minimum absolute atomic E-state index is 0.417. The molecule has 2 amide bonds.